The number of anilines is 1. The van der Waals surface area contributed by atoms with Gasteiger partial charge in [-0.15, -0.1) is 0 Å². The van der Waals surface area contributed by atoms with Crippen molar-refractivity contribution in [2.24, 2.45) is 5.73 Å². The maximum atomic E-state index is 5.67. The normalized spacial score (nSPS) is 10.1. The van der Waals surface area contributed by atoms with E-state index in [4.69, 9.17) is 22.7 Å². The molecule has 4 nitrogen and oxygen atoms in total. The number of nitrogens with one attached hydrogen (secondary N) is 1. The summed E-state index contributed by atoms with van der Waals surface area (Å²) >= 11 is 8.25. The first-order valence-corrected chi connectivity index (χ1v) is 7.24. The number of nitrogens with two attached hydrogens (primary N) is 1. The number of nitrogens with zero attached hydrogens (tertiary/aromatic N) is 1. The Bertz CT molecular complexity index is 592. The molecule has 0 saturated carbocycles. The molecule has 3 N–H and O–H groups in total. The van der Waals surface area contributed by atoms with Crippen LogP contribution in [0.1, 0.15) is 5.56 Å². The van der Waals surface area contributed by atoms with E-state index in [-0.39, 0.29) is 5.11 Å². The van der Waals surface area contributed by atoms with Crippen LogP contribution in [0.5, 0.6) is 5.75 Å². The Morgan fingerprint density at radius 3 is 2.80 bits per heavy atom. The molecule has 0 spiro atoms. The number of pyridine rings is 1. The van der Waals surface area contributed by atoms with Gasteiger partial charge in [0.15, 0.2) is 5.11 Å². The lowest BCUT2D eigenvalue weighted by atomic mass is 10.2. The van der Waals surface area contributed by atoms with Crippen LogP contribution in [0.3, 0.4) is 0 Å². The Hall–Kier alpha value is -1.66. The summed E-state index contributed by atoms with van der Waals surface area (Å²) < 4.78 is 6.58. The highest BCUT2D eigenvalue weighted by Crippen LogP contribution is 2.19. The SMILES string of the molecule is NC(=S)Nc1ncc(Br)cc1CCOc1ccccc1. The first kappa shape index (κ1) is 14.7. The molecule has 20 heavy (non-hydrogen) atoms. The topological polar surface area (TPSA) is 60.2 Å². The van der Waals surface area contributed by atoms with Crippen molar-refractivity contribution in [3.8, 4) is 5.75 Å². The molecule has 0 radical (unpaired) electrons. The molecule has 0 unspecified atom stereocenters. The zero-order valence-electron chi connectivity index (χ0n) is 10.7. The lowest BCUT2D eigenvalue weighted by molar-refractivity contribution is 0.322. The maximum Gasteiger partial charge on any atom is 0.169 e. The molecule has 0 bridgehead atoms. The van der Waals surface area contributed by atoms with Gasteiger partial charge in [0.25, 0.3) is 0 Å². The van der Waals surface area contributed by atoms with E-state index in [1.54, 1.807) is 6.20 Å². The lowest BCUT2D eigenvalue weighted by Crippen LogP contribution is -2.21. The number of halogens is 1. The van der Waals surface area contributed by atoms with Gasteiger partial charge in [-0.3, -0.25) is 0 Å². The largest absolute Gasteiger partial charge is 0.493 e. The molecule has 104 valence electrons. The number of aromatic nitrogens is 1. The Kier molecular flexibility index (Phi) is 5.31. The van der Waals surface area contributed by atoms with Gasteiger partial charge in [-0.05, 0) is 51.9 Å². The molecule has 0 fully saturated rings. The van der Waals surface area contributed by atoms with Crippen molar-refractivity contribution in [3.05, 3.63) is 52.6 Å². The van der Waals surface area contributed by atoms with Gasteiger partial charge < -0.3 is 15.8 Å². The Morgan fingerprint density at radius 2 is 2.10 bits per heavy atom. The fourth-order valence-electron chi connectivity index (χ4n) is 1.70. The minimum atomic E-state index is 0.199. The molecule has 0 aliphatic carbocycles. The minimum Gasteiger partial charge on any atom is -0.493 e. The number of thiocarbonyl (C=S) groups is 1. The van der Waals surface area contributed by atoms with E-state index in [0.717, 1.165) is 15.8 Å². The molecule has 0 amide bonds. The third kappa shape index (κ3) is 4.47. The van der Waals surface area contributed by atoms with Crippen molar-refractivity contribution >= 4 is 39.1 Å². The van der Waals surface area contributed by atoms with Crippen LogP contribution in [-0.2, 0) is 6.42 Å². The molecule has 1 aromatic carbocycles. The van der Waals surface area contributed by atoms with Gasteiger partial charge in [0.05, 0.1) is 6.61 Å². The molecule has 0 atom stereocenters. The fraction of sp³-hybridized carbons (Fsp3) is 0.143. The second-order valence-electron chi connectivity index (χ2n) is 4.06. The number of benzene rings is 1. The smallest absolute Gasteiger partial charge is 0.169 e. The average Bonchev–Trinajstić information content (AvgIpc) is 2.42. The first-order valence-electron chi connectivity index (χ1n) is 6.04. The molecule has 0 aliphatic rings. The summed E-state index contributed by atoms with van der Waals surface area (Å²) in [6.45, 7) is 0.550. The van der Waals surface area contributed by atoms with Crippen LogP contribution in [0.15, 0.2) is 47.1 Å². The summed E-state index contributed by atoms with van der Waals surface area (Å²) in [6.07, 6.45) is 2.40. The number of rotatable bonds is 5. The van der Waals surface area contributed by atoms with Gasteiger partial charge in [0.1, 0.15) is 11.6 Å². The van der Waals surface area contributed by atoms with Crippen molar-refractivity contribution < 1.29 is 4.74 Å². The highest BCUT2D eigenvalue weighted by Gasteiger charge is 2.06. The van der Waals surface area contributed by atoms with Crippen LogP contribution in [0.4, 0.5) is 5.82 Å². The number of ether oxygens (including phenoxy) is 1. The van der Waals surface area contributed by atoms with Gasteiger partial charge in [-0.2, -0.15) is 0 Å². The van der Waals surface area contributed by atoms with Crippen LogP contribution >= 0.6 is 28.1 Å². The van der Waals surface area contributed by atoms with Gasteiger partial charge in [0, 0.05) is 17.1 Å². The summed E-state index contributed by atoms with van der Waals surface area (Å²) in [5.74, 6) is 1.51. The lowest BCUT2D eigenvalue weighted by Gasteiger charge is -2.11. The Labute approximate surface area is 131 Å². The standard InChI is InChI=1S/C14H14BrN3OS/c15-11-8-10(13(17-9-11)18-14(16)20)6-7-19-12-4-2-1-3-5-12/h1-5,8-9H,6-7H2,(H3,16,17,18,20). The van der Waals surface area contributed by atoms with Crippen molar-refractivity contribution in [2.45, 2.75) is 6.42 Å². The average molecular weight is 352 g/mol. The number of para-hydroxylation sites is 1. The zero-order valence-corrected chi connectivity index (χ0v) is 13.1. The number of hydrogen-bond donors (Lipinski definition) is 2. The molecule has 2 rings (SSSR count). The predicted molar refractivity (Wildman–Crippen MR) is 88.0 cm³/mol. The van der Waals surface area contributed by atoms with Crippen molar-refractivity contribution in [1.29, 1.82) is 0 Å². The monoisotopic (exact) mass is 351 g/mol. The van der Waals surface area contributed by atoms with Gasteiger partial charge in [-0.25, -0.2) is 4.98 Å². The van der Waals surface area contributed by atoms with Crippen LogP contribution < -0.4 is 15.8 Å². The van der Waals surface area contributed by atoms with Crippen molar-refractivity contribution in [3.63, 3.8) is 0 Å². The second kappa shape index (κ2) is 7.21. The third-order valence-corrected chi connectivity index (χ3v) is 3.09. The van der Waals surface area contributed by atoms with Gasteiger partial charge in [0.2, 0.25) is 0 Å². The molecule has 0 saturated heterocycles. The highest BCUT2D eigenvalue weighted by molar-refractivity contribution is 9.10. The van der Waals surface area contributed by atoms with E-state index in [1.807, 2.05) is 36.4 Å². The molecule has 6 heteroatoms. The van der Waals surface area contributed by atoms with Gasteiger partial charge >= 0.3 is 0 Å². The molecular formula is C14H14BrN3OS. The summed E-state index contributed by atoms with van der Waals surface area (Å²) in [7, 11) is 0. The summed E-state index contributed by atoms with van der Waals surface area (Å²) in [5.41, 5.74) is 6.48. The Morgan fingerprint density at radius 1 is 1.35 bits per heavy atom. The van der Waals surface area contributed by atoms with Gasteiger partial charge in [-0.1, -0.05) is 18.2 Å². The summed E-state index contributed by atoms with van der Waals surface area (Å²) in [5, 5.41) is 3.07. The summed E-state index contributed by atoms with van der Waals surface area (Å²) in [4.78, 5) is 4.26. The minimum absolute atomic E-state index is 0.199. The predicted octanol–water partition coefficient (Wildman–Crippen LogP) is 3.12. The van der Waals surface area contributed by atoms with Crippen LogP contribution in [0, 0.1) is 0 Å². The zero-order chi connectivity index (χ0) is 14.4. The quantitative estimate of drug-likeness (QED) is 0.810. The molecule has 0 aliphatic heterocycles. The molecule has 1 heterocycles. The first-order chi connectivity index (χ1) is 9.65. The van der Waals surface area contributed by atoms with E-state index >= 15 is 0 Å². The molecule has 2 aromatic rings. The number of hydrogen-bond acceptors (Lipinski definition) is 3. The van der Waals surface area contributed by atoms with Crippen molar-refractivity contribution in [1.82, 2.24) is 4.98 Å². The molecular weight excluding hydrogens is 338 g/mol. The van der Waals surface area contributed by atoms with Crippen LogP contribution in [0.25, 0.3) is 0 Å². The van der Waals surface area contributed by atoms with Crippen LogP contribution in [-0.4, -0.2) is 16.7 Å². The van der Waals surface area contributed by atoms with E-state index in [9.17, 15) is 0 Å². The van der Waals surface area contributed by atoms with Crippen molar-refractivity contribution in [2.75, 3.05) is 11.9 Å². The second-order valence-corrected chi connectivity index (χ2v) is 5.42. The molecule has 1 aromatic heterocycles. The van der Waals surface area contributed by atoms with E-state index in [2.05, 4.69) is 26.2 Å². The van der Waals surface area contributed by atoms with E-state index in [0.29, 0.717) is 18.8 Å². The third-order valence-electron chi connectivity index (χ3n) is 2.56. The van der Waals surface area contributed by atoms with E-state index < -0.39 is 0 Å². The van der Waals surface area contributed by atoms with Crippen LogP contribution in [0.2, 0.25) is 0 Å². The summed E-state index contributed by atoms with van der Waals surface area (Å²) in [6, 6.07) is 11.7. The van der Waals surface area contributed by atoms with E-state index in [1.165, 1.54) is 0 Å². The highest BCUT2D eigenvalue weighted by atomic mass is 79.9. The Balaban J connectivity index is 2.01. The fourth-order valence-corrected chi connectivity index (χ4v) is 2.17. The maximum absolute atomic E-state index is 5.67.